The number of benzene rings is 4. The molecule has 0 unspecified atom stereocenters. The maximum atomic E-state index is 12.8. The number of hydrogen-bond acceptors (Lipinski definition) is 6. The summed E-state index contributed by atoms with van der Waals surface area (Å²) in [5, 5.41) is 23.2. The number of nitrogens with zero attached hydrogens (tertiary/aromatic N) is 2. The van der Waals surface area contributed by atoms with Crippen molar-refractivity contribution in [1.82, 2.24) is 0 Å². The van der Waals surface area contributed by atoms with Gasteiger partial charge in [-0.25, -0.2) is 0 Å². The largest absolute Gasteiger partial charge is 0.489 e. The molecule has 0 atom stereocenters. The normalized spacial score (nSPS) is 10.9. The first kappa shape index (κ1) is 29.0. The molecule has 0 saturated carbocycles. The van der Waals surface area contributed by atoms with Crippen molar-refractivity contribution in [1.29, 1.82) is 5.26 Å². The zero-order valence-corrected chi connectivity index (χ0v) is 25.2. The van der Waals surface area contributed by atoms with E-state index in [0.29, 0.717) is 29.4 Å². The average molecular weight is 757 g/mol. The molecule has 0 fully saturated rings. The van der Waals surface area contributed by atoms with E-state index in [1.807, 2.05) is 48.5 Å². The highest BCUT2D eigenvalue weighted by molar-refractivity contribution is 14.1. The van der Waals surface area contributed by atoms with Gasteiger partial charge >= 0.3 is 0 Å². The number of nitro groups is 1. The van der Waals surface area contributed by atoms with Crippen LogP contribution in [0.3, 0.4) is 0 Å². The van der Waals surface area contributed by atoms with Gasteiger partial charge in [0.15, 0.2) is 0 Å². The zero-order chi connectivity index (χ0) is 28.5. The molecule has 4 aromatic rings. The zero-order valence-electron chi connectivity index (χ0n) is 20.8. The number of nitriles is 1. The highest BCUT2D eigenvalue weighted by atomic mass is 127. The Morgan fingerprint density at radius 2 is 1.50 bits per heavy atom. The molecule has 10 heteroatoms. The number of anilines is 1. The van der Waals surface area contributed by atoms with Gasteiger partial charge in [0.05, 0.1) is 12.1 Å². The van der Waals surface area contributed by atoms with E-state index in [4.69, 9.17) is 9.47 Å². The van der Waals surface area contributed by atoms with E-state index in [0.717, 1.165) is 18.3 Å². The number of carbonyl (C=O) groups excluding carboxylic acids is 1. The predicted molar refractivity (Wildman–Crippen MR) is 169 cm³/mol. The van der Waals surface area contributed by atoms with Gasteiger partial charge in [-0.3, -0.25) is 14.9 Å². The number of nitrogens with one attached hydrogen (secondary N) is 1. The van der Waals surface area contributed by atoms with Crippen molar-refractivity contribution in [2.24, 2.45) is 0 Å². The maximum Gasteiger partial charge on any atom is 0.269 e. The monoisotopic (exact) mass is 757 g/mol. The fraction of sp³-hybridized carbons (Fsp3) is 0.0667. The van der Waals surface area contributed by atoms with Crippen LogP contribution in [0.4, 0.5) is 11.4 Å². The highest BCUT2D eigenvalue weighted by Gasteiger charge is 2.13. The topological polar surface area (TPSA) is 114 Å². The first-order valence-electron chi connectivity index (χ1n) is 11.9. The molecule has 8 nitrogen and oxygen atoms in total. The molecule has 0 bridgehead atoms. The van der Waals surface area contributed by atoms with Crippen molar-refractivity contribution >= 4 is 68.5 Å². The summed E-state index contributed by atoms with van der Waals surface area (Å²) in [5.41, 5.74) is 3.03. The van der Waals surface area contributed by atoms with Gasteiger partial charge in [-0.05, 0) is 116 Å². The molecule has 0 aliphatic rings. The molecule has 0 aromatic heterocycles. The number of carbonyl (C=O) groups is 1. The number of amides is 1. The molecular formula is C30H21I2N3O5. The van der Waals surface area contributed by atoms with E-state index < -0.39 is 10.8 Å². The Hall–Kier alpha value is -3.96. The second-order valence-corrected chi connectivity index (χ2v) is 10.8. The molecule has 200 valence electrons. The van der Waals surface area contributed by atoms with Gasteiger partial charge in [0, 0.05) is 17.8 Å². The fourth-order valence-corrected chi connectivity index (χ4v) is 5.69. The second-order valence-electron chi connectivity index (χ2n) is 8.45. The van der Waals surface area contributed by atoms with Crippen LogP contribution in [0.2, 0.25) is 0 Å². The van der Waals surface area contributed by atoms with Crippen LogP contribution in [0.5, 0.6) is 11.5 Å². The van der Waals surface area contributed by atoms with Crippen LogP contribution in [0, 0.1) is 28.6 Å². The minimum absolute atomic E-state index is 0.0197. The summed E-state index contributed by atoms with van der Waals surface area (Å²) in [4.78, 5) is 23.2. The third kappa shape index (κ3) is 8.03. The number of halogens is 2. The number of non-ortho nitro benzene ring substituents is 1. The molecule has 40 heavy (non-hydrogen) atoms. The molecule has 4 rings (SSSR count). The Kier molecular flexibility index (Phi) is 10.1. The van der Waals surface area contributed by atoms with Crippen LogP contribution in [0.25, 0.3) is 6.08 Å². The van der Waals surface area contributed by atoms with E-state index in [1.54, 1.807) is 36.4 Å². The van der Waals surface area contributed by atoms with Gasteiger partial charge in [0.2, 0.25) is 0 Å². The van der Waals surface area contributed by atoms with Crippen LogP contribution in [0.1, 0.15) is 16.7 Å². The van der Waals surface area contributed by atoms with Gasteiger partial charge < -0.3 is 14.8 Å². The molecule has 0 radical (unpaired) electrons. The lowest BCUT2D eigenvalue weighted by Crippen LogP contribution is -2.13. The van der Waals surface area contributed by atoms with Crippen LogP contribution in [0.15, 0.2) is 96.6 Å². The molecule has 0 aliphatic carbocycles. The Bertz CT molecular complexity index is 1560. The van der Waals surface area contributed by atoms with E-state index in [1.165, 1.54) is 18.2 Å². The molecule has 0 saturated heterocycles. The van der Waals surface area contributed by atoms with Gasteiger partial charge in [0.25, 0.3) is 11.6 Å². The summed E-state index contributed by atoms with van der Waals surface area (Å²) in [6, 6.07) is 28.5. The van der Waals surface area contributed by atoms with Crippen LogP contribution in [-0.4, -0.2) is 10.8 Å². The predicted octanol–water partition coefficient (Wildman–Crippen LogP) is 7.51. The van der Waals surface area contributed by atoms with Crippen molar-refractivity contribution in [2.75, 3.05) is 5.32 Å². The fourth-order valence-electron chi connectivity index (χ4n) is 3.56. The molecule has 4 aromatic carbocycles. The van der Waals surface area contributed by atoms with Crippen molar-refractivity contribution in [3.63, 3.8) is 0 Å². The van der Waals surface area contributed by atoms with Crippen molar-refractivity contribution < 1.29 is 19.2 Å². The average Bonchev–Trinajstić information content (AvgIpc) is 2.96. The van der Waals surface area contributed by atoms with Crippen molar-refractivity contribution in [3.05, 3.63) is 131 Å². The summed E-state index contributed by atoms with van der Waals surface area (Å²) in [7, 11) is 0. The van der Waals surface area contributed by atoms with Crippen LogP contribution < -0.4 is 14.8 Å². The van der Waals surface area contributed by atoms with Crippen LogP contribution in [-0.2, 0) is 18.0 Å². The second kappa shape index (κ2) is 13.9. The Balaban J connectivity index is 1.38. The highest BCUT2D eigenvalue weighted by Crippen LogP contribution is 2.31. The smallest absolute Gasteiger partial charge is 0.269 e. The summed E-state index contributed by atoms with van der Waals surface area (Å²) >= 11 is 4.27. The summed E-state index contributed by atoms with van der Waals surface area (Å²) in [5.74, 6) is 0.788. The third-order valence-corrected chi connectivity index (χ3v) is 7.19. The molecule has 0 heterocycles. The van der Waals surface area contributed by atoms with E-state index in [2.05, 4.69) is 50.5 Å². The lowest BCUT2D eigenvalue weighted by Gasteiger charge is -2.12. The summed E-state index contributed by atoms with van der Waals surface area (Å²) in [6.45, 7) is 0.674. The first-order chi connectivity index (χ1) is 19.3. The minimum Gasteiger partial charge on any atom is -0.489 e. The van der Waals surface area contributed by atoms with E-state index in [-0.39, 0.29) is 17.9 Å². The molecular weight excluding hydrogens is 736 g/mol. The SMILES string of the molecule is N#C/C(=C\c1cc(I)c(OCc2ccc([N+](=O)[O-])cc2)c(I)c1)C(=O)Nc1ccc(OCc2ccccc2)cc1. The van der Waals surface area contributed by atoms with E-state index >= 15 is 0 Å². The first-order valence-corrected chi connectivity index (χ1v) is 14.0. The van der Waals surface area contributed by atoms with Gasteiger partial charge in [-0.2, -0.15) is 5.26 Å². The number of nitro benzene ring substituents is 1. The van der Waals surface area contributed by atoms with Crippen molar-refractivity contribution in [3.8, 4) is 17.6 Å². The van der Waals surface area contributed by atoms with Gasteiger partial charge in [0.1, 0.15) is 36.4 Å². The Labute approximate surface area is 258 Å². The molecule has 0 spiro atoms. The summed E-state index contributed by atoms with van der Waals surface area (Å²) < 4.78 is 13.3. The number of rotatable bonds is 10. The minimum atomic E-state index is -0.524. The number of hydrogen-bond donors (Lipinski definition) is 1. The number of ether oxygens (including phenoxy) is 2. The third-order valence-electron chi connectivity index (χ3n) is 5.59. The lowest BCUT2D eigenvalue weighted by atomic mass is 10.1. The van der Waals surface area contributed by atoms with Crippen LogP contribution >= 0.6 is 45.2 Å². The standard InChI is InChI=1S/C30H21I2N3O5/c31-27-15-22(16-28(32)29(27)40-19-21-6-10-25(11-7-21)35(37)38)14-23(17-33)30(36)34-24-8-12-26(13-9-24)39-18-20-4-2-1-3-5-20/h1-16H,18-19H2,(H,34,36)/b23-14+. The van der Waals surface area contributed by atoms with E-state index in [9.17, 15) is 20.2 Å². The van der Waals surface area contributed by atoms with Crippen molar-refractivity contribution in [2.45, 2.75) is 13.2 Å². The maximum absolute atomic E-state index is 12.8. The lowest BCUT2D eigenvalue weighted by molar-refractivity contribution is -0.384. The molecule has 0 aliphatic heterocycles. The Morgan fingerprint density at radius 3 is 2.10 bits per heavy atom. The quantitative estimate of drug-likeness (QED) is 0.0590. The van der Waals surface area contributed by atoms with Gasteiger partial charge in [-0.15, -0.1) is 0 Å². The van der Waals surface area contributed by atoms with Gasteiger partial charge in [-0.1, -0.05) is 30.3 Å². The molecule has 1 N–H and O–H groups in total. The molecule has 1 amide bonds. The Morgan fingerprint density at radius 1 is 0.900 bits per heavy atom. The summed E-state index contributed by atoms with van der Waals surface area (Å²) in [6.07, 6.45) is 1.52.